The average molecular weight is 393 g/mol. The zero-order chi connectivity index (χ0) is 20.3. The maximum atomic E-state index is 13.0. The van der Waals surface area contributed by atoms with Crippen LogP contribution in [0.2, 0.25) is 0 Å². The second-order valence-corrected chi connectivity index (χ2v) is 5.63. The van der Waals surface area contributed by atoms with Crippen LogP contribution >= 0.6 is 0 Å². The Hall–Kier alpha value is -3.63. The summed E-state index contributed by atoms with van der Waals surface area (Å²) in [6, 6.07) is 7.75. The highest BCUT2D eigenvalue weighted by atomic mass is 19.4. The number of pyridine rings is 1. The van der Waals surface area contributed by atoms with Crippen LogP contribution in [0.5, 0.6) is 0 Å². The van der Waals surface area contributed by atoms with E-state index in [1.54, 1.807) is 12.1 Å². The number of halogens is 3. The lowest BCUT2D eigenvalue weighted by atomic mass is 10.2. The summed E-state index contributed by atoms with van der Waals surface area (Å²) in [6.45, 7) is 1.18. The number of rotatable bonds is 4. The van der Waals surface area contributed by atoms with Gasteiger partial charge in [-0.25, -0.2) is 0 Å². The molecule has 0 radical (unpaired) electrons. The van der Waals surface area contributed by atoms with Crippen molar-refractivity contribution < 1.29 is 27.5 Å². The van der Waals surface area contributed by atoms with E-state index >= 15 is 0 Å². The molecule has 1 aliphatic heterocycles. The third-order valence-electron chi connectivity index (χ3n) is 3.67. The van der Waals surface area contributed by atoms with Crippen molar-refractivity contribution in [3.05, 3.63) is 59.9 Å². The first-order valence-electron chi connectivity index (χ1n) is 7.95. The summed E-state index contributed by atoms with van der Waals surface area (Å²) in [5.74, 6) is -1.48. The highest BCUT2D eigenvalue weighted by molar-refractivity contribution is 5.99. The second kappa shape index (κ2) is 7.55. The molecule has 8 nitrogen and oxygen atoms in total. The highest BCUT2D eigenvalue weighted by Crippen LogP contribution is 2.34. The van der Waals surface area contributed by atoms with Gasteiger partial charge in [-0.1, -0.05) is 12.1 Å². The number of alkyl halides is 3. The summed E-state index contributed by atoms with van der Waals surface area (Å²) < 4.78 is 44.5. The molecule has 3 rings (SSSR count). The summed E-state index contributed by atoms with van der Waals surface area (Å²) in [5.41, 5.74) is 3.49. The fourth-order valence-corrected chi connectivity index (χ4v) is 2.38. The number of amides is 2. The van der Waals surface area contributed by atoms with Gasteiger partial charge in [-0.2, -0.15) is 18.2 Å². The number of carbonyl (C=O) groups is 2. The van der Waals surface area contributed by atoms with Crippen LogP contribution in [0.1, 0.15) is 18.1 Å². The van der Waals surface area contributed by atoms with Gasteiger partial charge >= 0.3 is 12.1 Å². The molecule has 2 heterocycles. The SMILES string of the molecule is CC(=O)N1N=C(c2ccncc2)OC1C(=O)NNc1ccccc1C(F)(F)F. The van der Waals surface area contributed by atoms with Gasteiger partial charge in [0, 0.05) is 24.9 Å². The van der Waals surface area contributed by atoms with Crippen LogP contribution in [0.25, 0.3) is 0 Å². The first kappa shape index (κ1) is 19.1. The van der Waals surface area contributed by atoms with Crippen LogP contribution < -0.4 is 10.9 Å². The second-order valence-electron chi connectivity index (χ2n) is 5.63. The van der Waals surface area contributed by atoms with E-state index < -0.39 is 29.8 Å². The first-order valence-corrected chi connectivity index (χ1v) is 7.95. The fraction of sp³-hybridized carbons (Fsp3) is 0.176. The molecule has 0 fully saturated rings. The molecule has 11 heteroatoms. The third kappa shape index (κ3) is 4.03. The van der Waals surface area contributed by atoms with Crippen molar-refractivity contribution in [3.63, 3.8) is 0 Å². The van der Waals surface area contributed by atoms with Gasteiger partial charge in [0.1, 0.15) is 0 Å². The summed E-state index contributed by atoms with van der Waals surface area (Å²) in [5, 5.41) is 4.75. The van der Waals surface area contributed by atoms with Crippen LogP contribution in [-0.2, 0) is 20.5 Å². The zero-order valence-corrected chi connectivity index (χ0v) is 14.4. The van der Waals surface area contributed by atoms with Crippen molar-refractivity contribution in [1.29, 1.82) is 0 Å². The molecule has 1 aromatic carbocycles. The molecule has 0 saturated heterocycles. The minimum atomic E-state index is -4.61. The maximum Gasteiger partial charge on any atom is 0.418 e. The van der Waals surface area contributed by atoms with Crippen LogP contribution in [-0.4, -0.2) is 33.9 Å². The van der Waals surface area contributed by atoms with Crippen LogP contribution in [0.15, 0.2) is 53.9 Å². The van der Waals surface area contributed by atoms with E-state index in [1.165, 1.54) is 31.5 Å². The molecule has 28 heavy (non-hydrogen) atoms. The van der Waals surface area contributed by atoms with Gasteiger partial charge < -0.3 is 4.74 Å². The Morgan fingerprint density at radius 2 is 1.82 bits per heavy atom. The lowest BCUT2D eigenvalue weighted by molar-refractivity contribution is -0.146. The number of hydrazine groups is 1. The van der Waals surface area contributed by atoms with Gasteiger partial charge in [0.25, 0.3) is 6.23 Å². The number of hydrazone groups is 1. The van der Waals surface area contributed by atoms with Crippen molar-refractivity contribution in [3.8, 4) is 0 Å². The van der Waals surface area contributed by atoms with Gasteiger partial charge in [-0.15, -0.1) is 5.10 Å². The topological polar surface area (TPSA) is 95.9 Å². The number of carbonyl (C=O) groups excluding carboxylic acids is 2. The summed E-state index contributed by atoms with van der Waals surface area (Å²) >= 11 is 0. The van der Waals surface area contributed by atoms with Crippen molar-refractivity contribution in [2.24, 2.45) is 5.10 Å². The molecule has 1 aliphatic rings. The molecular formula is C17H14F3N5O3. The Labute approximate surface area is 157 Å². The molecule has 1 atom stereocenters. The van der Waals surface area contributed by atoms with Crippen LogP contribution in [0.3, 0.4) is 0 Å². The van der Waals surface area contributed by atoms with E-state index in [2.05, 4.69) is 20.9 Å². The van der Waals surface area contributed by atoms with Crippen molar-refractivity contribution >= 4 is 23.4 Å². The Bertz CT molecular complexity index is 918. The molecule has 2 amide bonds. The summed E-state index contributed by atoms with van der Waals surface area (Å²) in [7, 11) is 0. The highest BCUT2D eigenvalue weighted by Gasteiger charge is 2.38. The number of nitrogens with one attached hydrogen (secondary N) is 2. The Morgan fingerprint density at radius 1 is 1.14 bits per heavy atom. The number of ether oxygens (including phenoxy) is 1. The van der Waals surface area contributed by atoms with E-state index in [0.717, 1.165) is 17.1 Å². The lowest BCUT2D eigenvalue weighted by Crippen LogP contribution is -2.47. The van der Waals surface area contributed by atoms with Gasteiger partial charge in [0.15, 0.2) is 0 Å². The van der Waals surface area contributed by atoms with Gasteiger partial charge in [0.2, 0.25) is 11.8 Å². The van der Waals surface area contributed by atoms with E-state index in [1.807, 2.05) is 0 Å². The molecule has 2 aromatic rings. The standard InChI is InChI=1S/C17H14F3N5O3/c1-10(26)25-16(28-15(24-25)11-6-8-21-9-7-11)14(27)23-22-13-5-3-2-4-12(13)17(18,19)20/h2-9,16,22H,1H3,(H,23,27). The Morgan fingerprint density at radius 3 is 2.46 bits per heavy atom. The first-order chi connectivity index (χ1) is 13.3. The largest absolute Gasteiger partial charge is 0.440 e. The molecule has 146 valence electrons. The number of nitrogens with zero attached hydrogens (tertiary/aromatic N) is 3. The molecule has 1 unspecified atom stereocenters. The Kier molecular flexibility index (Phi) is 5.16. The molecule has 0 bridgehead atoms. The van der Waals surface area contributed by atoms with Gasteiger partial charge in [-0.3, -0.25) is 25.4 Å². The van der Waals surface area contributed by atoms with E-state index in [0.29, 0.717) is 5.56 Å². The minimum absolute atomic E-state index is 0.00782. The van der Waals surface area contributed by atoms with Crippen molar-refractivity contribution in [2.75, 3.05) is 5.43 Å². The number of para-hydroxylation sites is 1. The Balaban J connectivity index is 1.74. The number of aromatic nitrogens is 1. The van der Waals surface area contributed by atoms with Gasteiger partial charge in [0.05, 0.1) is 11.3 Å². The van der Waals surface area contributed by atoms with Crippen molar-refractivity contribution in [2.45, 2.75) is 19.3 Å². The van der Waals surface area contributed by atoms with Crippen LogP contribution in [0, 0.1) is 0 Å². The normalized spacial score (nSPS) is 16.2. The molecule has 0 saturated carbocycles. The molecule has 2 N–H and O–H groups in total. The zero-order valence-electron chi connectivity index (χ0n) is 14.4. The smallest absolute Gasteiger partial charge is 0.418 e. The number of anilines is 1. The molecule has 0 aliphatic carbocycles. The monoisotopic (exact) mass is 393 g/mol. The van der Waals surface area contributed by atoms with E-state index in [-0.39, 0.29) is 11.6 Å². The predicted molar refractivity (Wildman–Crippen MR) is 91.4 cm³/mol. The summed E-state index contributed by atoms with van der Waals surface area (Å²) in [4.78, 5) is 28.0. The lowest BCUT2D eigenvalue weighted by Gasteiger charge is -2.20. The number of hydrogen-bond acceptors (Lipinski definition) is 6. The van der Waals surface area contributed by atoms with Crippen molar-refractivity contribution in [1.82, 2.24) is 15.4 Å². The quantitative estimate of drug-likeness (QED) is 0.776. The predicted octanol–water partition coefficient (Wildman–Crippen LogP) is 2.11. The molecule has 0 spiro atoms. The third-order valence-corrected chi connectivity index (χ3v) is 3.67. The van der Waals surface area contributed by atoms with E-state index in [9.17, 15) is 22.8 Å². The van der Waals surface area contributed by atoms with Crippen LogP contribution in [0.4, 0.5) is 18.9 Å². The number of hydrogen-bond donors (Lipinski definition) is 2. The summed E-state index contributed by atoms with van der Waals surface area (Å²) in [6.07, 6.45) is -3.14. The fourth-order valence-electron chi connectivity index (χ4n) is 2.38. The van der Waals surface area contributed by atoms with Gasteiger partial charge in [-0.05, 0) is 24.3 Å². The minimum Gasteiger partial charge on any atom is -0.440 e. The number of benzene rings is 1. The molecule has 1 aromatic heterocycles. The maximum absolute atomic E-state index is 13.0. The average Bonchev–Trinajstić information content (AvgIpc) is 3.12. The van der Waals surface area contributed by atoms with E-state index in [4.69, 9.17) is 4.74 Å². The molecular weight excluding hydrogens is 379 g/mol.